The fraction of sp³-hybridized carbons (Fsp3) is 0.182. The fourth-order valence-corrected chi connectivity index (χ4v) is 4.59. The van der Waals surface area contributed by atoms with E-state index < -0.39 is 0 Å². The number of benzene rings is 2. The maximum absolute atomic E-state index is 12.5. The van der Waals surface area contributed by atoms with Gasteiger partial charge in [0.1, 0.15) is 5.75 Å². The zero-order valence-corrected chi connectivity index (χ0v) is 19.0. The van der Waals surface area contributed by atoms with Crippen LogP contribution in [0.15, 0.2) is 59.8 Å². The van der Waals surface area contributed by atoms with Crippen molar-refractivity contribution in [1.29, 1.82) is 0 Å². The van der Waals surface area contributed by atoms with Crippen molar-refractivity contribution in [1.82, 2.24) is 19.7 Å². The number of ether oxygens (including phenoxy) is 1. The van der Waals surface area contributed by atoms with Gasteiger partial charge in [0.25, 0.3) is 0 Å². The summed E-state index contributed by atoms with van der Waals surface area (Å²) >= 11 is 2.81. The van der Waals surface area contributed by atoms with Crippen LogP contribution >= 0.6 is 23.1 Å². The Hall–Kier alpha value is -3.17. The van der Waals surface area contributed by atoms with E-state index in [0.29, 0.717) is 10.3 Å². The predicted octanol–water partition coefficient (Wildman–Crippen LogP) is 4.65. The minimum atomic E-state index is -0.132. The summed E-state index contributed by atoms with van der Waals surface area (Å²) < 4.78 is 7.07. The molecule has 31 heavy (non-hydrogen) atoms. The molecular formula is C22H21N5O2S2. The molecule has 0 bridgehead atoms. The molecule has 158 valence electrons. The minimum Gasteiger partial charge on any atom is -0.497 e. The Labute approximate surface area is 188 Å². The highest BCUT2D eigenvalue weighted by Gasteiger charge is 2.15. The van der Waals surface area contributed by atoms with Gasteiger partial charge in [-0.25, -0.2) is 4.98 Å². The molecule has 0 aliphatic carbocycles. The molecule has 4 rings (SSSR count). The first-order chi connectivity index (χ1) is 15.0. The summed E-state index contributed by atoms with van der Waals surface area (Å²) in [7, 11) is 3.52. The lowest BCUT2D eigenvalue weighted by molar-refractivity contribution is -0.113. The standard InChI is InChI=1S/C22H21N5O2S2/c1-14-19(15-7-5-4-6-8-15)24-21(31-14)23-18(28)13-30-22-26-25-20(27(22)2)16-9-11-17(29-3)12-10-16/h4-12H,13H2,1-3H3,(H,23,24,28). The number of thiazole rings is 1. The van der Waals surface area contributed by atoms with Crippen molar-refractivity contribution in [3.8, 4) is 28.4 Å². The summed E-state index contributed by atoms with van der Waals surface area (Å²) in [5, 5.41) is 12.6. The Morgan fingerprint density at radius 1 is 1.10 bits per heavy atom. The third-order valence-electron chi connectivity index (χ3n) is 4.61. The van der Waals surface area contributed by atoms with Crippen molar-refractivity contribution in [2.75, 3.05) is 18.2 Å². The fourth-order valence-electron chi connectivity index (χ4n) is 3.03. The van der Waals surface area contributed by atoms with E-state index in [9.17, 15) is 4.79 Å². The largest absolute Gasteiger partial charge is 0.497 e. The van der Waals surface area contributed by atoms with E-state index in [1.54, 1.807) is 7.11 Å². The van der Waals surface area contributed by atoms with Crippen LogP contribution in [0.3, 0.4) is 0 Å². The number of carbonyl (C=O) groups is 1. The van der Waals surface area contributed by atoms with Gasteiger partial charge in [-0.1, -0.05) is 42.1 Å². The second kappa shape index (κ2) is 9.32. The summed E-state index contributed by atoms with van der Waals surface area (Å²) in [5.74, 6) is 1.60. The van der Waals surface area contributed by atoms with Gasteiger partial charge in [-0.05, 0) is 31.2 Å². The molecule has 0 aliphatic rings. The molecule has 4 aromatic rings. The highest BCUT2D eigenvalue weighted by molar-refractivity contribution is 7.99. The van der Waals surface area contributed by atoms with Gasteiger partial charge in [0.05, 0.1) is 18.6 Å². The van der Waals surface area contributed by atoms with Crippen molar-refractivity contribution < 1.29 is 9.53 Å². The lowest BCUT2D eigenvalue weighted by Gasteiger charge is -2.05. The number of methoxy groups -OCH3 is 1. The number of aryl methyl sites for hydroxylation is 1. The van der Waals surface area contributed by atoms with Gasteiger partial charge in [0, 0.05) is 23.1 Å². The number of hydrogen-bond acceptors (Lipinski definition) is 7. The van der Waals surface area contributed by atoms with Gasteiger partial charge in [-0.2, -0.15) is 0 Å². The first-order valence-electron chi connectivity index (χ1n) is 9.54. The number of nitrogens with zero attached hydrogens (tertiary/aromatic N) is 4. The molecule has 0 unspecified atom stereocenters. The zero-order valence-electron chi connectivity index (χ0n) is 17.3. The van der Waals surface area contributed by atoms with E-state index in [1.807, 2.05) is 73.1 Å². The number of aromatic nitrogens is 4. The molecule has 2 aromatic heterocycles. The molecule has 1 amide bonds. The van der Waals surface area contributed by atoms with Gasteiger partial charge in [-0.3, -0.25) is 4.79 Å². The second-order valence-corrected chi connectivity index (χ2v) is 8.87. The molecule has 7 nitrogen and oxygen atoms in total. The predicted molar refractivity (Wildman–Crippen MR) is 125 cm³/mol. The number of anilines is 1. The summed E-state index contributed by atoms with van der Waals surface area (Å²) in [6, 6.07) is 17.6. The highest BCUT2D eigenvalue weighted by atomic mass is 32.2. The quantitative estimate of drug-likeness (QED) is 0.412. The van der Waals surface area contributed by atoms with Crippen LogP contribution in [-0.2, 0) is 11.8 Å². The Kier molecular flexibility index (Phi) is 6.34. The third-order valence-corrected chi connectivity index (χ3v) is 6.51. The molecule has 0 fully saturated rings. The second-order valence-electron chi connectivity index (χ2n) is 6.72. The van der Waals surface area contributed by atoms with Gasteiger partial charge in [0.2, 0.25) is 5.91 Å². The molecule has 0 atom stereocenters. The van der Waals surface area contributed by atoms with Crippen LogP contribution in [0.2, 0.25) is 0 Å². The molecule has 2 heterocycles. The Bertz CT molecular complexity index is 1190. The van der Waals surface area contributed by atoms with Crippen molar-refractivity contribution in [2.45, 2.75) is 12.1 Å². The number of thioether (sulfide) groups is 1. The number of carbonyl (C=O) groups excluding carboxylic acids is 1. The Balaban J connectivity index is 1.39. The van der Waals surface area contributed by atoms with Crippen molar-refractivity contribution in [2.24, 2.45) is 7.05 Å². The first-order valence-corrected chi connectivity index (χ1v) is 11.3. The maximum atomic E-state index is 12.5. The first kappa shape index (κ1) is 21.1. The minimum absolute atomic E-state index is 0.132. The topological polar surface area (TPSA) is 81.9 Å². The molecule has 0 radical (unpaired) electrons. The summed E-state index contributed by atoms with van der Waals surface area (Å²) in [6.07, 6.45) is 0. The van der Waals surface area contributed by atoms with Crippen LogP contribution in [-0.4, -0.2) is 38.5 Å². The average molecular weight is 452 g/mol. The highest BCUT2D eigenvalue weighted by Crippen LogP contribution is 2.30. The number of nitrogens with one attached hydrogen (secondary N) is 1. The van der Waals surface area contributed by atoms with E-state index in [0.717, 1.165) is 33.3 Å². The van der Waals surface area contributed by atoms with Crippen LogP contribution in [0.25, 0.3) is 22.6 Å². The summed E-state index contributed by atoms with van der Waals surface area (Å²) in [4.78, 5) is 18.1. The van der Waals surface area contributed by atoms with Crippen LogP contribution in [0.4, 0.5) is 5.13 Å². The maximum Gasteiger partial charge on any atom is 0.236 e. The Morgan fingerprint density at radius 2 is 1.84 bits per heavy atom. The van der Waals surface area contributed by atoms with Gasteiger partial charge < -0.3 is 14.6 Å². The van der Waals surface area contributed by atoms with Crippen LogP contribution in [0.1, 0.15) is 4.88 Å². The average Bonchev–Trinajstić information content (AvgIpc) is 3.34. The van der Waals surface area contributed by atoms with Crippen LogP contribution < -0.4 is 10.1 Å². The molecule has 1 N–H and O–H groups in total. The van der Waals surface area contributed by atoms with E-state index >= 15 is 0 Å². The lowest BCUT2D eigenvalue weighted by atomic mass is 10.1. The van der Waals surface area contributed by atoms with E-state index in [1.165, 1.54) is 23.1 Å². The van der Waals surface area contributed by atoms with Crippen molar-refractivity contribution >= 4 is 34.1 Å². The smallest absolute Gasteiger partial charge is 0.236 e. The Morgan fingerprint density at radius 3 is 2.55 bits per heavy atom. The number of rotatable bonds is 7. The van der Waals surface area contributed by atoms with Crippen molar-refractivity contribution in [3.05, 3.63) is 59.5 Å². The third kappa shape index (κ3) is 4.78. The molecule has 2 aromatic carbocycles. The van der Waals surface area contributed by atoms with E-state index in [2.05, 4.69) is 20.5 Å². The number of hydrogen-bond donors (Lipinski definition) is 1. The molecule has 0 aliphatic heterocycles. The summed E-state index contributed by atoms with van der Waals surface area (Å²) in [6.45, 7) is 2.00. The van der Waals surface area contributed by atoms with Crippen LogP contribution in [0, 0.1) is 6.92 Å². The molecule has 9 heteroatoms. The van der Waals surface area contributed by atoms with Crippen LogP contribution in [0.5, 0.6) is 5.75 Å². The normalized spacial score (nSPS) is 10.8. The SMILES string of the molecule is COc1ccc(-c2nnc(SCC(=O)Nc3nc(-c4ccccc4)c(C)s3)n2C)cc1. The zero-order chi connectivity index (χ0) is 21.8. The molecule has 0 saturated carbocycles. The molecular weight excluding hydrogens is 430 g/mol. The lowest BCUT2D eigenvalue weighted by Crippen LogP contribution is -2.14. The molecule has 0 spiro atoms. The van der Waals surface area contributed by atoms with E-state index in [-0.39, 0.29) is 11.7 Å². The molecule has 0 saturated heterocycles. The van der Waals surface area contributed by atoms with E-state index in [4.69, 9.17) is 4.74 Å². The summed E-state index contributed by atoms with van der Waals surface area (Å²) in [5.41, 5.74) is 2.86. The number of amides is 1. The monoisotopic (exact) mass is 451 g/mol. The van der Waals surface area contributed by atoms with Gasteiger partial charge in [-0.15, -0.1) is 21.5 Å². The van der Waals surface area contributed by atoms with Gasteiger partial charge in [0.15, 0.2) is 16.1 Å². The van der Waals surface area contributed by atoms with Gasteiger partial charge >= 0.3 is 0 Å². The van der Waals surface area contributed by atoms with Crippen molar-refractivity contribution in [3.63, 3.8) is 0 Å².